The molecule has 0 saturated heterocycles. The van der Waals surface area contributed by atoms with Crippen molar-refractivity contribution in [3.63, 3.8) is 0 Å². The first-order valence-electron chi connectivity index (χ1n) is 8.99. The van der Waals surface area contributed by atoms with Crippen LogP contribution in [0.25, 0.3) is 11.4 Å². The van der Waals surface area contributed by atoms with Gasteiger partial charge in [0.1, 0.15) is 0 Å². The van der Waals surface area contributed by atoms with Crippen molar-refractivity contribution in [3.8, 4) is 11.4 Å². The van der Waals surface area contributed by atoms with Gasteiger partial charge in [-0.05, 0) is 53.1 Å². The van der Waals surface area contributed by atoms with E-state index < -0.39 is 17.8 Å². The van der Waals surface area contributed by atoms with Crippen molar-refractivity contribution in [2.24, 2.45) is 0 Å². The molecule has 4 rings (SSSR count). The fraction of sp³-hybridized carbons (Fsp3) is 0.263. The van der Waals surface area contributed by atoms with Crippen molar-refractivity contribution in [2.45, 2.75) is 31.6 Å². The Morgan fingerprint density at radius 2 is 1.93 bits per heavy atom. The summed E-state index contributed by atoms with van der Waals surface area (Å²) < 4.78 is 40.1. The van der Waals surface area contributed by atoms with Crippen LogP contribution in [-0.2, 0) is 12.7 Å². The molecule has 150 valence electrons. The van der Waals surface area contributed by atoms with Gasteiger partial charge in [-0.2, -0.15) is 13.2 Å². The Bertz CT molecular complexity index is 1030. The van der Waals surface area contributed by atoms with Crippen LogP contribution in [0.4, 0.5) is 23.7 Å². The van der Waals surface area contributed by atoms with Gasteiger partial charge < -0.3 is 10.6 Å². The number of halogens is 3. The maximum atomic E-state index is 12.8. The van der Waals surface area contributed by atoms with E-state index in [1.807, 2.05) is 6.07 Å². The van der Waals surface area contributed by atoms with Gasteiger partial charge in [0.25, 0.3) is 0 Å². The van der Waals surface area contributed by atoms with Crippen LogP contribution in [0.5, 0.6) is 0 Å². The van der Waals surface area contributed by atoms with Gasteiger partial charge in [0.2, 0.25) is 0 Å². The Balaban J connectivity index is 1.40. The first-order chi connectivity index (χ1) is 13.9. The van der Waals surface area contributed by atoms with Gasteiger partial charge in [0.15, 0.2) is 5.82 Å². The third kappa shape index (κ3) is 4.53. The van der Waals surface area contributed by atoms with Crippen LogP contribution in [-0.4, -0.2) is 26.2 Å². The molecular weight excluding hydrogens is 385 g/mol. The minimum absolute atomic E-state index is 0.0324. The Morgan fingerprint density at radius 3 is 2.69 bits per heavy atom. The largest absolute Gasteiger partial charge is 0.416 e. The zero-order valence-electron chi connectivity index (χ0n) is 15.1. The smallest absolute Gasteiger partial charge is 0.334 e. The van der Waals surface area contributed by atoms with Crippen molar-refractivity contribution >= 4 is 11.7 Å². The first kappa shape index (κ1) is 18.9. The zero-order chi connectivity index (χ0) is 20.4. The van der Waals surface area contributed by atoms with Crippen molar-refractivity contribution in [1.82, 2.24) is 25.5 Å². The predicted octanol–water partition coefficient (Wildman–Crippen LogP) is 4.02. The molecule has 0 bridgehead atoms. The van der Waals surface area contributed by atoms with Crippen LogP contribution in [0.15, 0.2) is 48.5 Å². The normalized spacial score (nSPS) is 13.9. The molecule has 29 heavy (non-hydrogen) atoms. The number of urea groups is 1. The summed E-state index contributed by atoms with van der Waals surface area (Å²) in [5.41, 5.74) is 0.887. The fourth-order valence-corrected chi connectivity index (χ4v) is 2.90. The minimum atomic E-state index is -4.42. The van der Waals surface area contributed by atoms with E-state index in [1.165, 1.54) is 12.1 Å². The molecule has 1 aromatic heterocycles. The molecule has 0 unspecified atom stereocenters. The number of hydrogen-bond donors (Lipinski definition) is 2. The molecule has 2 aromatic carbocycles. The maximum absolute atomic E-state index is 12.8. The molecule has 2 amide bonds. The molecule has 7 nitrogen and oxygen atoms in total. The Hall–Kier alpha value is -3.43. The van der Waals surface area contributed by atoms with E-state index in [0.717, 1.165) is 30.5 Å². The van der Waals surface area contributed by atoms with Crippen molar-refractivity contribution in [2.75, 3.05) is 5.32 Å². The minimum Gasteiger partial charge on any atom is -0.334 e. The van der Waals surface area contributed by atoms with E-state index in [0.29, 0.717) is 23.1 Å². The SMILES string of the molecule is O=C(NCc1cccc(C(F)(F)F)c1)Nc1cccc(-c2nnnn2C2CC2)c1. The second-order valence-corrected chi connectivity index (χ2v) is 6.76. The molecule has 1 aliphatic rings. The van der Waals surface area contributed by atoms with Gasteiger partial charge in [0.05, 0.1) is 11.6 Å². The number of aromatic nitrogens is 4. The summed E-state index contributed by atoms with van der Waals surface area (Å²) in [6, 6.07) is 11.7. The van der Waals surface area contributed by atoms with Crippen molar-refractivity contribution in [1.29, 1.82) is 0 Å². The van der Waals surface area contributed by atoms with E-state index in [-0.39, 0.29) is 6.54 Å². The number of nitrogens with one attached hydrogen (secondary N) is 2. The number of alkyl halides is 3. The van der Waals surface area contributed by atoms with E-state index in [4.69, 9.17) is 0 Å². The van der Waals surface area contributed by atoms with Gasteiger partial charge in [-0.15, -0.1) is 5.10 Å². The number of anilines is 1. The summed E-state index contributed by atoms with van der Waals surface area (Å²) in [5.74, 6) is 0.625. The summed E-state index contributed by atoms with van der Waals surface area (Å²) in [4.78, 5) is 12.2. The lowest BCUT2D eigenvalue weighted by atomic mass is 10.1. The lowest BCUT2D eigenvalue weighted by molar-refractivity contribution is -0.137. The van der Waals surface area contributed by atoms with Gasteiger partial charge in [-0.25, -0.2) is 9.48 Å². The number of tetrazole rings is 1. The number of benzene rings is 2. The van der Waals surface area contributed by atoms with Crippen molar-refractivity contribution in [3.05, 3.63) is 59.7 Å². The molecule has 1 fully saturated rings. The summed E-state index contributed by atoms with van der Waals surface area (Å²) in [7, 11) is 0. The lowest BCUT2D eigenvalue weighted by Crippen LogP contribution is -2.28. The summed E-state index contributed by atoms with van der Waals surface area (Å²) >= 11 is 0. The van der Waals surface area contributed by atoms with Gasteiger partial charge in [-0.1, -0.05) is 24.3 Å². The van der Waals surface area contributed by atoms with Crippen LogP contribution in [0.2, 0.25) is 0 Å². The molecule has 0 spiro atoms. The maximum Gasteiger partial charge on any atom is 0.416 e. The molecular formula is C19H17F3N6O. The quantitative estimate of drug-likeness (QED) is 0.675. The highest BCUT2D eigenvalue weighted by Crippen LogP contribution is 2.36. The molecule has 1 saturated carbocycles. The average Bonchev–Trinajstić information content (AvgIpc) is 3.42. The van der Waals surface area contributed by atoms with Gasteiger partial charge in [0, 0.05) is 17.8 Å². The molecule has 1 heterocycles. The number of nitrogens with zero attached hydrogens (tertiary/aromatic N) is 4. The summed E-state index contributed by atoms with van der Waals surface area (Å²) in [6.07, 6.45) is -2.35. The molecule has 0 atom stereocenters. The number of rotatable bonds is 5. The summed E-state index contributed by atoms with van der Waals surface area (Å²) in [6.45, 7) is -0.0324. The Labute approximate surface area is 163 Å². The van der Waals surface area contributed by atoms with Crippen LogP contribution in [0.3, 0.4) is 0 Å². The van der Waals surface area contributed by atoms with Crippen LogP contribution < -0.4 is 10.6 Å². The van der Waals surface area contributed by atoms with E-state index in [9.17, 15) is 18.0 Å². The van der Waals surface area contributed by atoms with Crippen LogP contribution in [0.1, 0.15) is 30.0 Å². The highest BCUT2D eigenvalue weighted by Gasteiger charge is 2.30. The average molecular weight is 402 g/mol. The van der Waals surface area contributed by atoms with Crippen LogP contribution >= 0.6 is 0 Å². The Morgan fingerprint density at radius 1 is 1.14 bits per heavy atom. The standard InChI is InChI=1S/C19H17F3N6O/c20-19(21,22)14-5-1-3-12(9-14)11-23-18(29)24-15-6-2-4-13(10-15)17-25-26-27-28(17)16-7-8-16/h1-6,9-10,16H,7-8,11H2,(H2,23,24,29). The third-order valence-electron chi connectivity index (χ3n) is 4.47. The van der Waals surface area contributed by atoms with E-state index in [2.05, 4.69) is 26.2 Å². The molecule has 3 aromatic rings. The first-order valence-corrected chi connectivity index (χ1v) is 8.99. The molecule has 0 radical (unpaired) electrons. The number of carbonyl (C=O) groups is 1. The topological polar surface area (TPSA) is 84.7 Å². The lowest BCUT2D eigenvalue weighted by Gasteiger charge is -2.11. The number of amides is 2. The van der Waals surface area contributed by atoms with Crippen molar-refractivity contribution < 1.29 is 18.0 Å². The number of hydrogen-bond acceptors (Lipinski definition) is 4. The second-order valence-electron chi connectivity index (χ2n) is 6.76. The second kappa shape index (κ2) is 7.53. The van der Waals surface area contributed by atoms with Gasteiger partial charge in [-0.3, -0.25) is 0 Å². The molecule has 10 heteroatoms. The highest BCUT2D eigenvalue weighted by molar-refractivity contribution is 5.89. The van der Waals surface area contributed by atoms with Crippen LogP contribution in [0, 0.1) is 0 Å². The Kier molecular flexibility index (Phi) is 4.91. The van der Waals surface area contributed by atoms with E-state index >= 15 is 0 Å². The summed E-state index contributed by atoms with van der Waals surface area (Å²) in [5, 5.41) is 17.0. The fourth-order valence-electron chi connectivity index (χ4n) is 2.90. The molecule has 0 aliphatic heterocycles. The van der Waals surface area contributed by atoms with Gasteiger partial charge >= 0.3 is 12.2 Å². The molecule has 2 N–H and O–H groups in total. The zero-order valence-corrected chi connectivity index (χ0v) is 15.1. The monoisotopic (exact) mass is 402 g/mol. The number of carbonyl (C=O) groups excluding carboxylic acids is 1. The van der Waals surface area contributed by atoms with E-state index in [1.54, 1.807) is 22.9 Å². The molecule has 1 aliphatic carbocycles. The predicted molar refractivity (Wildman–Crippen MR) is 98.8 cm³/mol. The highest BCUT2D eigenvalue weighted by atomic mass is 19.4. The third-order valence-corrected chi connectivity index (χ3v) is 4.47.